The lowest BCUT2D eigenvalue weighted by Gasteiger charge is -2.16. The van der Waals surface area contributed by atoms with E-state index in [0.29, 0.717) is 33.5 Å². The van der Waals surface area contributed by atoms with Crippen molar-refractivity contribution in [2.45, 2.75) is 13.0 Å². The van der Waals surface area contributed by atoms with Crippen molar-refractivity contribution in [3.63, 3.8) is 0 Å². The molecule has 1 aliphatic heterocycles. The molecular weight excluding hydrogens is 415 g/mol. The van der Waals surface area contributed by atoms with E-state index in [1.165, 1.54) is 7.11 Å². The Morgan fingerprint density at radius 1 is 1.10 bits per heavy atom. The number of nitrogens with one attached hydrogen (secondary N) is 2. The Bertz CT molecular complexity index is 1020. The van der Waals surface area contributed by atoms with Gasteiger partial charge < -0.3 is 14.8 Å². The van der Waals surface area contributed by atoms with Gasteiger partial charge in [0.25, 0.3) is 5.91 Å². The summed E-state index contributed by atoms with van der Waals surface area (Å²) in [5.41, 5.74) is 2.41. The van der Waals surface area contributed by atoms with E-state index < -0.39 is 11.9 Å². The molecule has 2 aromatic rings. The summed E-state index contributed by atoms with van der Waals surface area (Å²) >= 11 is 12.2. The van der Waals surface area contributed by atoms with Gasteiger partial charge in [0.05, 0.1) is 7.11 Å². The van der Waals surface area contributed by atoms with Gasteiger partial charge >= 0.3 is 6.03 Å². The molecule has 29 heavy (non-hydrogen) atoms. The molecule has 0 radical (unpaired) electrons. The zero-order valence-corrected chi connectivity index (χ0v) is 17.1. The lowest BCUT2D eigenvalue weighted by Crippen LogP contribution is -2.22. The van der Waals surface area contributed by atoms with Crippen molar-refractivity contribution >= 4 is 41.2 Å². The van der Waals surface area contributed by atoms with Gasteiger partial charge in [-0.25, -0.2) is 4.79 Å². The maximum atomic E-state index is 11.8. The number of allylic oxidation sites excluding steroid dienone is 1. The maximum Gasteiger partial charge on any atom is 0.326 e. The number of hydrogen-bond donors (Lipinski definition) is 2. The predicted octanol–water partition coefficient (Wildman–Crippen LogP) is 4.49. The standard InChI is InChI=1S/C21H18Cl2N2O4/c1-3-4-13-7-12(8-17-20(26)25-21(27)24-17)9-18(28-2)19(13)29-11-14-5-6-15(22)10-16(14)23/h3,5-10H,1,4,11H2,2H3,(H2,24,25,26,27). The van der Waals surface area contributed by atoms with Crippen molar-refractivity contribution in [2.24, 2.45) is 0 Å². The van der Waals surface area contributed by atoms with Crippen LogP contribution in [-0.2, 0) is 17.8 Å². The zero-order chi connectivity index (χ0) is 21.0. The van der Waals surface area contributed by atoms with Crippen LogP contribution in [0.2, 0.25) is 10.0 Å². The highest BCUT2D eigenvalue weighted by Crippen LogP contribution is 2.35. The first kappa shape index (κ1) is 20.8. The highest BCUT2D eigenvalue weighted by atomic mass is 35.5. The number of carbonyl (C=O) groups is 2. The van der Waals surface area contributed by atoms with Crippen molar-refractivity contribution in [2.75, 3.05) is 7.11 Å². The summed E-state index contributed by atoms with van der Waals surface area (Å²) < 4.78 is 11.5. The largest absolute Gasteiger partial charge is 0.493 e. The zero-order valence-electron chi connectivity index (χ0n) is 15.6. The van der Waals surface area contributed by atoms with Gasteiger partial charge in [0, 0.05) is 21.2 Å². The van der Waals surface area contributed by atoms with Gasteiger partial charge in [-0.3, -0.25) is 10.1 Å². The third-order valence-corrected chi connectivity index (χ3v) is 4.74. The Hall–Kier alpha value is -2.96. The molecule has 1 heterocycles. The Morgan fingerprint density at radius 3 is 2.52 bits per heavy atom. The van der Waals surface area contributed by atoms with E-state index in [0.717, 1.165) is 11.1 Å². The van der Waals surface area contributed by atoms with Crippen LogP contribution >= 0.6 is 23.2 Å². The minimum absolute atomic E-state index is 0.156. The monoisotopic (exact) mass is 432 g/mol. The smallest absolute Gasteiger partial charge is 0.326 e. The summed E-state index contributed by atoms with van der Waals surface area (Å²) in [5.74, 6) is 0.531. The number of ether oxygens (including phenoxy) is 2. The highest BCUT2D eigenvalue weighted by Gasteiger charge is 2.23. The van der Waals surface area contributed by atoms with Crippen molar-refractivity contribution in [3.05, 3.63) is 75.4 Å². The molecular formula is C21H18Cl2N2O4. The van der Waals surface area contributed by atoms with Crippen LogP contribution in [-0.4, -0.2) is 19.0 Å². The third kappa shape index (κ3) is 4.91. The number of methoxy groups -OCH3 is 1. The Balaban J connectivity index is 1.93. The van der Waals surface area contributed by atoms with Crippen molar-refractivity contribution in [3.8, 4) is 11.5 Å². The topological polar surface area (TPSA) is 76.7 Å². The molecule has 0 bridgehead atoms. The molecule has 8 heteroatoms. The molecule has 0 atom stereocenters. The Kier molecular flexibility index (Phi) is 6.46. The fourth-order valence-corrected chi connectivity index (χ4v) is 3.29. The predicted molar refractivity (Wildman–Crippen MR) is 112 cm³/mol. The molecule has 0 aromatic heterocycles. The Labute approximate surface area is 178 Å². The van der Waals surface area contributed by atoms with E-state index in [1.807, 2.05) is 6.07 Å². The first-order valence-electron chi connectivity index (χ1n) is 8.64. The lowest BCUT2D eigenvalue weighted by molar-refractivity contribution is -0.115. The molecule has 1 fully saturated rings. The minimum Gasteiger partial charge on any atom is -0.493 e. The normalized spacial score (nSPS) is 14.5. The SMILES string of the molecule is C=CCc1cc(C=C2NC(=O)NC2=O)cc(OC)c1OCc1ccc(Cl)cc1Cl. The first-order valence-corrected chi connectivity index (χ1v) is 9.39. The molecule has 0 spiro atoms. The number of benzene rings is 2. The molecule has 2 aromatic carbocycles. The van der Waals surface area contributed by atoms with Crippen LogP contribution in [0.25, 0.3) is 6.08 Å². The van der Waals surface area contributed by atoms with E-state index in [1.54, 1.807) is 36.4 Å². The summed E-state index contributed by atoms with van der Waals surface area (Å²) in [7, 11) is 1.52. The quantitative estimate of drug-likeness (QED) is 0.383. The maximum absolute atomic E-state index is 11.8. The Morgan fingerprint density at radius 2 is 1.90 bits per heavy atom. The van der Waals surface area contributed by atoms with Gasteiger partial charge in [-0.1, -0.05) is 35.3 Å². The van der Waals surface area contributed by atoms with Crippen LogP contribution in [0.15, 0.2) is 48.7 Å². The van der Waals surface area contributed by atoms with Crippen LogP contribution < -0.4 is 20.1 Å². The molecule has 150 valence electrons. The molecule has 1 saturated heterocycles. The van der Waals surface area contributed by atoms with Crippen molar-refractivity contribution in [1.82, 2.24) is 10.6 Å². The average molecular weight is 433 g/mol. The van der Waals surface area contributed by atoms with E-state index >= 15 is 0 Å². The molecule has 0 aliphatic carbocycles. The second-order valence-corrected chi connectivity index (χ2v) is 7.04. The van der Waals surface area contributed by atoms with Gasteiger partial charge in [-0.15, -0.1) is 6.58 Å². The first-order chi connectivity index (χ1) is 13.9. The molecule has 0 unspecified atom stereocenters. The second-order valence-electron chi connectivity index (χ2n) is 6.19. The fourth-order valence-electron chi connectivity index (χ4n) is 2.83. The van der Waals surface area contributed by atoms with Crippen LogP contribution in [0, 0.1) is 0 Å². The molecule has 0 saturated carbocycles. The molecule has 1 aliphatic rings. The second kappa shape index (κ2) is 9.03. The van der Waals surface area contributed by atoms with Crippen molar-refractivity contribution in [1.29, 1.82) is 0 Å². The summed E-state index contributed by atoms with van der Waals surface area (Å²) in [5, 5.41) is 5.67. The number of urea groups is 1. The third-order valence-electron chi connectivity index (χ3n) is 4.16. The summed E-state index contributed by atoms with van der Waals surface area (Å²) in [6, 6.07) is 8.19. The van der Waals surface area contributed by atoms with Gasteiger partial charge in [-0.05, 0) is 42.3 Å². The molecule has 2 N–H and O–H groups in total. The van der Waals surface area contributed by atoms with E-state index in [2.05, 4.69) is 17.2 Å². The summed E-state index contributed by atoms with van der Waals surface area (Å²) in [6.45, 7) is 4.00. The lowest BCUT2D eigenvalue weighted by atomic mass is 10.0. The van der Waals surface area contributed by atoms with E-state index in [-0.39, 0.29) is 12.3 Å². The number of hydrogen-bond acceptors (Lipinski definition) is 4. The molecule has 6 nitrogen and oxygen atoms in total. The summed E-state index contributed by atoms with van der Waals surface area (Å²) in [6.07, 6.45) is 3.81. The number of halogens is 2. The van der Waals surface area contributed by atoms with E-state index in [4.69, 9.17) is 32.7 Å². The van der Waals surface area contributed by atoms with E-state index in [9.17, 15) is 9.59 Å². The van der Waals surface area contributed by atoms with Crippen LogP contribution in [0.5, 0.6) is 11.5 Å². The van der Waals surface area contributed by atoms with Crippen molar-refractivity contribution < 1.29 is 19.1 Å². The van der Waals surface area contributed by atoms with Gasteiger partial charge in [0.2, 0.25) is 0 Å². The molecule has 3 rings (SSSR count). The number of imide groups is 1. The van der Waals surface area contributed by atoms with Crippen LogP contribution in [0.4, 0.5) is 4.79 Å². The van der Waals surface area contributed by atoms with Gasteiger partial charge in [0.15, 0.2) is 11.5 Å². The summed E-state index contributed by atoms with van der Waals surface area (Å²) in [4.78, 5) is 23.1. The number of amides is 3. The van der Waals surface area contributed by atoms with Gasteiger partial charge in [-0.2, -0.15) is 0 Å². The van der Waals surface area contributed by atoms with Crippen LogP contribution in [0.1, 0.15) is 16.7 Å². The fraction of sp³-hybridized carbons (Fsp3) is 0.143. The molecule has 3 amide bonds. The highest BCUT2D eigenvalue weighted by molar-refractivity contribution is 6.35. The van der Waals surface area contributed by atoms with Gasteiger partial charge in [0.1, 0.15) is 12.3 Å². The minimum atomic E-state index is -0.556. The number of rotatable bonds is 7. The number of carbonyl (C=O) groups excluding carboxylic acids is 2. The van der Waals surface area contributed by atoms with Crippen LogP contribution in [0.3, 0.4) is 0 Å². The average Bonchev–Trinajstić information content (AvgIpc) is 2.99.